The number of likely N-dealkylation sites (N-methyl/N-ethyl adjacent to an activating group) is 1. The number of rotatable bonds is 7. The summed E-state index contributed by atoms with van der Waals surface area (Å²) in [6.07, 6.45) is 1.33. The molecule has 0 saturated carbocycles. The van der Waals surface area contributed by atoms with Gasteiger partial charge in [-0.15, -0.1) is 0 Å². The Kier molecular flexibility index (Phi) is 5.99. The number of hydrogen-bond donors (Lipinski definition) is 3. The van der Waals surface area contributed by atoms with E-state index in [1.807, 2.05) is 0 Å². The predicted molar refractivity (Wildman–Crippen MR) is 88.8 cm³/mol. The number of amides is 2. The van der Waals surface area contributed by atoms with E-state index in [1.165, 1.54) is 25.3 Å². The molecule has 0 aliphatic rings. The van der Waals surface area contributed by atoms with Crippen LogP contribution in [-0.2, 0) is 25.5 Å². The van der Waals surface area contributed by atoms with Crippen LogP contribution >= 0.6 is 0 Å². The Morgan fingerprint density at radius 1 is 1.32 bits per heavy atom. The minimum absolute atomic E-state index is 0.0638. The molecule has 0 unspecified atom stereocenters. The number of fused-ring (bicyclic) bond motifs is 1. The molecule has 3 N–H and O–H groups in total. The molecule has 1 atom stereocenters. The van der Waals surface area contributed by atoms with E-state index >= 15 is 0 Å². The first-order chi connectivity index (χ1) is 11.9. The van der Waals surface area contributed by atoms with Gasteiger partial charge in [-0.3, -0.25) is 14.4 Å². The average molecular weight is 348 g/mol. The molecule has 2 aromatic rings. The van der Waals surface area contributed by atoms with Crippen LogP contribution in [0.5, 0.6) is 5.75 Å². The SMILES string of the molecule is CCNC(=O)[C@H](C)NC(=O)COC(=O)Cc1coc2cc(O)ccc12. The molecule has 25 heavy (non-hydrogen) atoms. The van der Waals surface area contributed by atoms with Crippen molar-refractivity contribution in [2.24, 2.45) is 0 Å². The average Bonchev–Trinajstić information content (AvgIpc) is 2.95. The fourth-order valence-electron chi connectivity index (χ4n) is 2.24. The standard InChI is InChI=1S/C17H20N2O6/c1-3-18-17(23)10(2)19-15(21)9-25-16(22)6-11-8-24-14-7-12(20)4-5-13(11)14/h4-5,7-8,10,20H,3,6,9H2,1-2H3,(H,18,23)(H,19,21)/t10-/m0/s1. The van der Waals surface area contributed by atoms with Crippen molar-refractivity contribution in [2.45, 2.75) is 26.3 Å². The van der Waals surface area contributed by atoms with Crippen molar-refractivity contribution in [3.8, 4) is 5.75 Å². The molecule has 0 bridgehead atoms. The second-order valence-electron chi connectivity index (χ2n) is 5.46. The fraction of sp³-hybridized carbons (Fsp3) is 0.353. The molecule has 1 heterocycles. The first-order valence-corrected chi connectivity index (χ1v) is 7.82. The first kappa shape index (κ1) is 18.3. The number of esters is 1. The highest BCUT2D eigenvalue weighted by atomic mass is 16.5. The summed E-state index contributed by atoms with van der Waals surface area (Å²) >= 11 is 0. The summed E-state index contributed by atoms with van der Waals surface area (Å²) in [6, 6.07) is 3.86. The largest absolute Gasteiger partial charge is 0.508 e. The molecular formula is C17H20N2O6. The molecule has 2 amide bonds. The molecular weight excluding hydrogens is 328 g/mol. The van der Waals surface area contributed by atoms with Gasteiger partial charge < -0.3 is 24.9 Å². The van der Waals surface area contributed by atoms with Gasteiger partial charge >= 0.3 is 5.97 Å². The van der Waals surface area contributed by atoms with Gasteiger partial charge in [0.1, 0.15) is 17.4 Å². The van der Waals surface area contributed by atoms with Crippen molar-refractivity contribution in [1.29, 1.82) is 0 Å². The van der Waals surface area contributed by atoms with Crippen LogP contribution in [0.3, 0.4) is 0 Å². The monoisotopic (exact) mass is 348 g/mol. The van der Waals surface area contributed by atoms with Gasteiger partial charge in [0.25, 0.3) is 5.91 Å². The number of furan rings is 1. The van der Waals surface area contributed by atoms with E-state index < -0.39 is 24.5 Å². The van der Waals surface area contributed by atoms with Gasteiger partial charge in [0, 0.05) is 23.6 Å². The van der Waals surface area contributed by atoms with Crippen molar-refractivity contribution in [1.82, 2.24) is 10.6 Å². The maximum atomic E-state index is 11.9. The molecule has 1 aromatic carbocycles. The summed E-state index contributed by atoms with van der Waals surface area (Å²) in [5, 5.41) is 15.1. The summed E-state index contributed by atoms with van der Waals surface area (Å²) in [4.78, 5) is 35.1. The molecule has 0 fully saturated rings. The number of carbonyl (C=O) groups is 3. The number of nitrogens with one attached hydrogen (secondary N) is 2. The summed E-state index contributed by atoms with van der Waals surface area (Å²) < 4.78 is 10.2. The van der Waals surface area contributed by atoms with Crippen LogP contribution in [0.25, 0.3) is 11.0 Å². The summed E-state index contributed by atoms with van der Waals surface area (Å²) in [7, 11) is 0. The second kappa shape index (κ2) is 8.18. The Morgan fingerprint density at radius 2 is 2.08 bits per heavy atom. The third kappa shape index (κ3) is 4.97. The van der Waals surface area contributed by atoms with Crippen LogP contribution < -0.4 is 10.6 Å². The minimum Gasteiger partial charge on any atom is -0.508 e. The maximum Gasteiger partial charge on any atom is 0.310 e. The summed E-state index contributed by atoms with van der Waals surface area (Å²) in [6.45, 7) is 3.30. The van der Waals surface area contributed by atoms with E-state index in [2.05, 4.69) is 10.6 Å². The smallest absolute Gasteiger partial charge is 0.310 e. The quantitative estimate of drug-likeness (QED) is 0.639. The van der Waals surface area contributed by atoms with Crippen molar-refractivity contribution in [3.05, 3.63) is 30.0 Å². The lowest BCUT2D eigenvalue weighted by atomic mass is 10.1. The van der Waals surface area contributed by atoms with Gasteiger partial charge in [0.05, 0.1) is 12.7 Å². The van der Waals surface area contributed by atoms with Crippen molar-refractivity contribution in [3.63, 3.8) is 0 Å². The fourth-order valence-corrected chi connectivity index (χ4v) is 2.24. The number of phenols is 1. The summed E-state index contributed by atoms with van der Waals surface area (Å²) in [5.74, 6) is -1.41. The topological polar surface area (TPSA) is 118 Å². The van der Waals surface area contributed by atoms with Gasteiger partial charge in [-0.25, -0.2) is 0 Å². The second-order valence-corrected chi connectivity index (χ2v) is 5.46. The lowest BCUT2D eigenvalue weighted by Crippen LogP contribution is -2.46. The first-order valence-electron chi connectivity index (χ1n) is 7.82. The van der Waals surface area contributed by atoms with Crippen LogP contribution in [-0.4, -0.2) is 42.1 Å². The normalized spacial score (nSPS) is 11.8. The molecule has 0 spiro atoms. The van der Waals surface area contributed by atoms with E-state index in [4.69, 9.17) is 9.15 Å². The predicted octanol–water partition coefficient (Wildman–Crippen LogP) is 0.865. The van der Waals surface area contributed by atoms with E-state index in [0.717, 1.165) is 0 Å². The molecule has 2 rings (SSSR count). The molecule has 0 aliphatic heterocycles. The van der Waals surface area contributed by atoms with Crippen molar-refractivity contribution < 1.29 is 28.6 Å². The number of aromatic hydroxyl groups is 1. The van der Waals surface area contributed by atoms with Gasteiger partial charge in [0.2, 0.25) is 5.91 Å². The molecule has 134 valence electrons. The highest BCUT2D eigenvalue weighted by molar-refractivity contribution is 5.89. The Labute approximate surface area is 144 Å². The van der Waals surface area contributed by atoms with Crippen LogP contribution in [0.15, 0.2) is 28.9 Å². The van der Waals surface area contributed by atoms with Crippen molar-refractivity contribution >= 4 is 28.8 Å². The zero-order chi connectivity index (χ0) is 18.4. The lowest BCUT2D eigenvalue weighted by molar-refractivity contribution is -0.148. The number of phenolic OH excluding ortho intramolecular Hbond substituents is 1. The third-order valence-electron chi connectivity index (χ3n) is 3.46. The van der Waals surface area contributed by atoms with Gasteiger partial charge in [-0.05, 0) is 26.0 Å². The number of ether oxygens (including phenoxy) is 1. The van der Waals surface area contributed by atoms with Gasteiger partial charge in [0.15, 0.2) is 6.61 Å². The third-order valence-corrected chi connectivity index (χ3v) is 3.46. The van der Waals surface area contributed by atoms with Crippen LogP contribution in [0.1, 0.15) is 19.4 Å². The van der Waals surface area contributed by atoms with Crippen LogP contribution in [0.4, 0.5) is 0 Å². The Hall–Kier alpha value is -3.03. The zero-order valence-electron chi connectivity index (χ0n) is 14.0. The molecule has 0 radical (unpaired) electrons. The molecule has 8 heteroatoms. The maximum absolute atomic E-state index is 11.9. The van der Waals surface area contributed by atoms with E-state index in [0.29, 0.717) is 23.1 Å². The highest BCUT2D eigenvalue weighted by Gasteiger charge is 2.17. The minimum atomic E-state index is -0.711. The van der Waals surface area contributed by atoms with E-state index in [1.54, 1.807) is 13.0 Å². The molecule has 1 aromatic heterocycles. The molecule has 8 nitrogen and oxygen atoms in total. The molecule has 0 aliphatic carbocycles. The highest BCUT2D eigenvalue weighted by Crippen LogP contribution is 2.25. The van der Waals surface area contributed by atoms with E-state index in [-0.39, 0.29) is 18.1 Å². The molecule has 0 saturated heterocycles. The van der Waals surface area contributed by atoms with Crippen LogP contribution in [0, 0.1) is 0 Å². The Balaban J connectivity index is 1.83. The van der Waals surface area contributed by atoms with Gasteiger partial charge in [-0.2, -0.15) is 0 Å². The lowest BCUT2D eigenvalue weighted by Gasteiger charge is -2.13. The Morgan fingerprint density at radius 3 is 2.80 bits per heavy atom. The number of hydrogen-bond acceptors (Lipinski definition) is 6. The van der Waals surface area contributed by atoms with Gasteiger partial charge in [-0.1, -0.05) is 0 Å². The Bertz CT molecular complexity index is 783. The summed E-state index contributed by atoms with van der Waals surface area (Å²) in [5.41, 5.74) is 1.05. The van der Waals surface area contributed by atoms with Crippen LogP contribution in [0.2, 0.25) is 0 Å². The number of benzene rings is 1. The van der Waals surface area contributed by atoms with E-state index in [9.17, 15) is 19.5 Å². The zero-order valence-corrected chi connectivity index (χ0v) is 14.0. The van der Waals surface area contributed by atoms with Crippen molar-refractivity contribution in [2.75, 3.05) is 13.2 Å². The number of carbonyl (C=O) groups excluding carboxylic acids is 3.